The van der Waals surface area contributed by atoms with Crippen LogP contribution < -0.4 is 10.1 Å². The summed E-state index contributed by atoms with van der Waals surface area (Å²) < 4.78 is 6.70. The van der Waals surface area contributed by atoms with Gasteiger partial charge in [0.05, 0.1) is 11.5 Å². The van der Waals surface area contributed by atoms with Gasteiger partial charge < -0.3 is 10.1 Å². The van der Waals surface area contributed by atoms with Crippen molar-refractivity contribution in [1.82, 2.24) is 4.90 Å². The summed E-state index contributed by atoms with van der Waals surface area (Å²) in [5.74, 6) is 0.201. The summed E-state index contributed by atoms with van der Waals surface area (Å²) >= 11 is 9.83. The molecule has 1 N–H and O–H groups in total. The number of carbonyl (C=O) groups is 2. The minimum absolute atomic E-state index is 0.124. The van der Waals surface area contributed by atoms with E-state index in [1.54, 1.807) is 18.2 Å². The van der Waals surface area contributed by atoms with Crippen LogP contribution in [0.2, 0.25) is 0 Å². The summed E-state index contributed by atoms with van der Waals surface area (Å²) in [7, 11) is 0. The predicted octanol–water partition coefficient (Wildman–Crippen LogP) is 4.69. The van der Waals surface area contributed by atoms with Gasteiger partial charge >= 0.3 is 0 Å². The Hall–Kier alpha value is -2.16. The number of nitrogens with zero attached hydrogens (tertiary/aromatic N) is 1. The van der Waals surface area contributed by atoms with Crippen LogP contribution in [0, 0.1) is 0 Å². The van der Waals surface area contributed by atoms with Gasteiger partial charge in [-0.2, -0.15) is 0 Å². The van der Waals surface area contributed by atoms with E-state index in [2.05, 4.69) is 21.2 Å². The average Bonchev–Trinajstić information content (AvgIpc) is 2.93. The fraction of sp³-hybridized carbons (Fsp3) is 0.150. The minimum Gasteiger partial charge on any atom is -0.494 e. The van der Waals surface area contributed by atoms with E-state index in [9.17, 15) is 9.59 Å². The molecule has 1 aliphatic heterocycles. The van der Waals surface area contributed by atoms with Crippen molar-refractivity contribution >= 4 is 67.8 Å². The highest BCUT2D eigenvalue weighted by Crippen LogP contribution is 2.32. The van der Waals surface area contributed by atoms with E-state index < -0.39 is 0 Å². The van der Waals surface area contributed by atoms with Gasteiger partial charge in [-0.15, -0.1) is 0 Å². The number of nitrogens with one attached hydrogen (secondary N) is 1. The first-order valence-electron chi connectivity index (χ1n) is 8.50. The number of rotatable bonds is 6. The van der Waals surface area contributed by atoms with Crippen LogP contribution in [0.5, 0.6) is 5.75 Å². The molecule has 1 fully saturated rings. The zero-order chi connectivity index (χ0) is 20.1. The number of hydrogen-bond acceptors (Lipinski definition) is 5. The third-order valence-corrected chi connectivity index (χ3v) is 5.70. The molecule has 1 saturated heterocycles. The SMILES string of the molecule is CCOc1ccc(C=C2SC(=S)N(CC(=O)Nc3ccc(Br)cc3)C2=O)cc1. The molecule has 0 aromatic heterocycles. The van der Waals surface area contributed by atoms with Gasteiger partial charge in [-0.05, 0) is 55.0 Å². The number of thiocarbonyl (C=S) groups is 1. The molecule has 3 rings (SSSR count). The third-order valence-electron chi connectivity index (χ3n) is 3.79. The summed E-state index contributed by atoms with van der Waals surface area (Å²) in [5, 5.41) is 2.76. The molecule has 0 saturated carbocycles. The van der Waals surface area contributed by atoms with Crippen LogP contribution in [0.3, 0.4) is 0 Å². The second kappa shape index (κ2) is 9.36. The number of hydrogen-bond donors (Lipinski definition) is 1. The Morgan fingerprint density at radius 3 is 2.54 bits per heavy atom. The van der Waals surface area contributed by atoms with Crippen molar-refractivity contribution in [2.45, 2.75) is 6.92 Å². The lowest BCUT2D eigenvalue weighted by Gasteiger charge is -2.14. The van der Waals surface area contributed by atoms with Crippen molar-refractivity contribution in [2.24, 2.45) is 0 Å². The Kier molecular flexibility index (Phi) is 6.88. The number of anilines is 1. The molecule has 0 atom stereocenters. The normalized spacial score (nSPS) is 15.2. The van der Waals surface area contributed by atoms with Gasteiger partial charge in [0.15, 0.2) is 0 Å². The number of halogens is 1. The van der Waals surface area contributed by atoms with Crippen molar-refractivity contribution < 1.29 is 14.3 Å². The Bertz CT molecular complexity index is 927. The van der Waals surface area contributed by atoms with Gasteiger partial charge in [-0.25, -0.2) is 0 Å². The Balaban J connectivity index is 1.65. The lowest BCUT2D eigenvalue weighted by molar-refractivity contribution is -0.126. The Morgan fingerprint density at radius 2 is 1.89 bits per heavy atom. The number of amides is 2. The molecular formula is C20H17BrN2O3S2. The fourth-order valence-corrected chi connectivity index (χ4v) is 4.01. The summed E-state index contributed by atoms with van der Waals surface area (Å²) in [4.78, 5) is 26.8. The smallest absolute Gasteiger partial charge is 0.266 e. The minimum atomic E-state index is -0.305. The number of ether oxygens (including phenoxy) is 1. The van der Waals surface area contributed by atoms with Crippen LogP contribution in [-0.2, 0) is 9.59 Å². The maximum Gasteiger partial charge on any atom is 0.266 e. The standard InChI is InChI=1S/C20H17BrN2O3S2/c1-2-26-16-9-3-13(4-10-16)11-17-19(25)23(20(27)28-17)12-18(24)22-15-7-5-14(21)6-8-15/h3-11H,2,12H2,1H3,(H,22,24). The molecule has 2 amide bonds. The Morgan fingerprint density at radius 1 is 1.21 bits per heavy atom. The van der Waals surface area contributed by atoms with Gasteiger partial charge in [0.2, 0.25) is 5.91 Å². The molecule has 8 heteroatoms. The number of benzene rings is 2. The lowest BCUT2D eigenvalue weighted by atomic mass is 10.2. The number of thioether (sulfide) groups is 1. The summed E-state index contributed by atoms with van der Waals surface area (Å²) in [6.07, 6.45) is 1.77. The van der Waals surface area contributed by atoms with Gasteiger partial charge in [-0.3, -0.25) is 14.5 Å². The molecule has 0 unspecified atom stereocenters. The van der Waals surface area contributed by atoms with Crippen LogP contribution in [0.4, 0.5) is 5.69 Å². The van der Waals surface area contributed by atoms with E-state index in [1.807, 2.05) is 43.3 Å². The van der Waals surface area contributed by atoms with Crippen molar-refractivity contribution in [3.05, 3.63) is 63.5 Å². The molecule has 144 valence electrons. The molecule has 1 heterocycles. The quantitative estimate of drug-likeness (QED) is 0.484. The van der Waals surface area contributed by atoms with E-state index in [0.717, 1.165) is 15.8 Å². The van der Waals surface area contributed by atoms with Gasteiger partial charge in [0.25, 0.3) is 5.91 Å². The average molecular weight is 477 g/mol. The molecular weight excluding hydrogens is 460 g/mol. The van der Waals surface area contributed by atoms with E-state index in [0.29, 0.717) is 21.5 Å². The fourth-order valence-electron chi connectivity index (χ4n) is 2.49. The zero-order valence-electron chi connectivity index (χ0n) is 15.0. The van der Waals surface area contributed by atoms with E-state index in [-0.39, 0.29) is 18.4 Å². The monoisotopic (exact) mass is 476 g/mol. The van der Waals surface area contributed by atoms with Crippen molar-refractivity contribution in [1.29, 1.82) is 0 Å². The first-order valence-corrected chi connectivity index (χ1v) is 10.5. The molecule has 0 bridgehead atoms. The van der Waals surface area contributed by atoms with Crippen molar-refractivity contribution in [3.63, 3.8) is 0 Å². The Labute approximate surface area is 181 Å². The second-order valence-electron chi connectivity index (χ2n) is 5.82. The number of carbonyl (C=O) groups excluding carboxylic acids is 2. The summed E-state index contributed by atoms with van der Waals surface area (Å²) in [6, 6.07) is 14.7. The molecule has 2 aromatic carbocycles. The van der Waals surface area contributed by atoms with Crippen molar-refractivity contribution in [2.75, 3.05) is 18.5 Å². The van der Waals surface area contributed by atoms with Gasteiger partial charge in [0, 0.05) is 10.2 Å². The zero-order valence-corrected chi connectivity index (χ0v) is 18.2. The molecule has 0 radical (unpaired) electrons. The van der Waals surface area contributed by atoms with Crippen LogP contribution >= 0.6 is 39.9 Å². The molecule has 2 aromatic rings. The second-order valence-corrected chi connectivity index (χ2v) is 8.42. The van der Waals surface area contributed by atoms with E-state index in [1.165, 1.54) is 16.7 Å². The predicted molar refractivity (Wildman–Crippen MR) is 120 cm³/mol. The highest BCUT2D eigenvalue weighted by atomic mass is 79.9. The topological polar surface area (TPSA) is 58.6 Å². The first-order chi connectivity index (χ1) is 13.5. The molecule has 1 aliphatic rings. The van der Waals surface area contributed by atoms with Gasteiger partial charge in [0.1, 0.15) is 16.6 Å². The van der Waals surface area contributed by atoms with Crippen LogP contribution in [0.15, 0.2) is 57.9 Å². The third kappa shape index (κ3) is 5.21. The van der Waals surface area contributed by atoms with Crippen LogP contribution in [-0.4, -0.2) is 34.2 Å². The maximum absolute atomic E-state index is 12.7. The first kappa shape index (κ1) is 20.6. The largest absolute Gasteiger partial charge is 0.494 e. The maximum atomic E-state index is 12.7. The van der Waals surface area contributed by atoms with Crippen molar-refractivity contribution in [3.8, 4) is 5.75 Å². The molecule has 28 heavy (non-hydrogen) atoms. The molecule has 5 nitrogen and oxygen atoms in total. The summed E-state index contributed by atoms with van der Waals surface area (Å²) in [6.45, 7) is 2.40. The summed E-state index contributed by atoms with van der Waals surface area (Å²) in [5.41, 5.74) is 1.52. The van der Waals surface area contributed by atoms with Crippen LogP contribution in [0.25, 0.3) is 6.08 Å². The van der Waals surface area contributed by atoms with E-state index >= 15 is 0 Å². The van der Waals surface area contributed by atoms with Gasteiger partial charge in [-0.1, -0.05) is 52.0 Å². The highest BCUT2D eigenvalue weighted by molar-refractivity contribution is 9.10. The van der Waals surface area contributed by atoms with Crippen LogP contribution in [0.1, 0.15) is 12.5 Å². The molecule has 0 spiro atoms. The highest BCUT2D eigenvalue weighted by Gasteiger charge is 2.33. The van der Waals surface area contributed by atoms with E-state index in [4.69, 9.17) is 17.0 Å². The molecule has 0 aliphatic carbocycles. The lowest BCUT2D eigenvalue weighted by Crippen LogP contribution is -2.36.